The van der Waals surface area contributed by atoms with Gasteiger partial charge in [-0.3, -0.25) is 5.32 Å². The molecule has 1 aromatic heterocycles. The van der Waals surface area contributed by atoms with Crippen molar-refractivity contribution in [3.63, 3.8) is 0 Å². The molecule has 0 aliphatic rings. The lowest BCUT2D eigenvalue weighted by Gasteiger charge is -2.11. The van der Waals surface area contributed by atoms with Crippen molar-refractivity contribution < 1.29 is 9.47 Å². The van der Waals surface area contributed by atoms with Gasteiger partial charge in [-0.15, -0.1) is 0 Å². The molecule has 1 rings (SSSR count). The smallest absolute Gasteiger partial charge is 0.212 e. The molecular formula is C11H15N3O2. The van der Waals surface area contributed by atoms with Crippen molar-refractivity contribution in [3.05, 3.63) is 23.9 Å². The fourth-order valence-electron chi connectivity index (χ4n) is 1.23. The highest BCUT2D eigenvalue weighted by Gasteiger charge is 2.09. The van der Waals surface area contributed by atoms with Gasteiger partial charge < -0.3 is 9.47 Å². The van der Waals surface area contributed by atoms with E-state index in [4.69, 9.17) is 14.7 Å². The molecule has 5 heteroatoms. The molecule has 0 saturated carbocycles. The molecule has 86 valence electrons. The maximum absolute atomic E-state index is 8.99. The van der Waals surface area contributed by atoms with Gasteiger partial charge in [0.05, 0.1) is 19.8 Å². The first-order chi connectivity index (χ1) is 7.81. The summed E-state index contributed by atoms with van der Waals surface area (Å²) in [6.07, 6.45) is 1.63. The number of nitriles is 1. The summed E-state index contributed by atoms with van der Waals surface area (Å²) in [6, 6.07) is 5.35. The Morgan fingerprint density at radius 1 is 1.50 bits per heavy atom. The van der Waals surface area contributed by atoms with Crippen molar-refractivity contribution in [2.75, 3.05) is 27.4 Å². The number of pyridine rings is 1. The van der Waals surface area contributed by atoms with Crippen LogP contribution >= 0.6 is 0 Å². The Morgan fingerprint density at radius 2 is 2.31 bits per heavy atom. The monoisotopic (exact) mass is 221 g/mol. The van der Waals surface area contributed by atoms with Gasteiger partial charge in [0.2, 0.25) is 5.88 Å². The minimum atomic E-state index is -0.367. The van der Waals surface area contributed by atoms with Crippen LogP contribution in [0.25, 0.3) is 0 Å². The zero-order valence-electron chi connectivity index (χ0n) is 9.43. The molecule has 16 heavy (non-hydrogen) atoms. The van der Waals surface area contributed by atoms with Gasteiger partial charge >= 0.3 is 0 Å². The van der Waals surface area contributed by atoms with Gasteiger partial charge in [-0.2, -0.15) is 5.26 Å². The Morgan fingerprint density at radius 3 is 2.81 bits per heavy atom. The Hall–Kier alpha value is -1.64. The fraction of sp³-hybridized carbons (Fsp3) is 0.455. The third-order valence-electron chi connectivity index (χ3n) is 2.09. The zero-order chi connectivity index (χ0) is 11.8. The highest BCUT2D eigenvalue weighted by molar-refractivity contribution is 5.24. The van der Waals surface area contributed by atoms with Crippen LogP contribution in [0, 0.1) is 11.3 Å². The number of methoxy groups -OCH3 is 2. The predicted octanol–water partition coefficient (Wildman–Crippen LogP) is 0.891. The maximum atomic E-state index is 8.99. The molecule has 0 aliphatic carbocycles. The van der Waals surface area contributed by atoms with E-state index in [9.17, 15) is 0 Å². The molecule has 5 nitrogen and oxygen atoms in total. The van der Waals surface area contributed by atoms with E-state index in [-0.39, 0.29) is 6.04 Å². The first kappa shape index (κ1) is 12.4. The highest BCUT2D eigenvalue weighted by Crippen LogP contribution is 2.13. The number of rotatable bonds is 6. The Kier molecular flexibility index (Phi) is 5.26. The third-order valence-corrected chi connectivity index (χ3v) is 2.09. The molecule has 0 aliphatic heterocycles. The number of ether oxygens (including phenoxy) is 2. The average molecular weight is 221 g/mol. The second kappa shape index (κ2) is 6.77. The predicted molar refractivity (Wildman–Crippen MR) is 59.0 cm³/mol. The van der Waals surface area contributed by atoms with Gasteiger partial charge in [-0.25, -0.2) is 4.98 Å². The number of nitrogens with one attached hydrogen (secondary N) is 1. The van der Waals surface area contributed by atoms with Crippen LogP contribution in [0.1, 0.15) is 11.6 Å². The minimum Gasteiger partial charge on any atom is -0.481 e. The van der Waals surface area contributed by atoms with Crippen LogP contribution in [0.3, 0.4) is 0 Å². The molecule has 0 radical (unpaired) electrons. The summed E-state index contributed by atoms with van der Waals surface area (Å²) in [4.78, 5) is 4.05. The van der Waals surface area contributed by atoms with Crippen LogP contribution in [0.5, 0.6) is 5.88 Å². The lowest BCUT2D eigenvalue weighted by Crippen LogP contribution is -2.24. The normalized spacial score (nSPS) is 11.8. The Bertz CT molecular complexity index is 345. The molecule has 1 N–H and O–H groups in total. The molecule has 0 saturated heterocycles. The van der Waals surface area contributed by atoms with Gasteiger partial charge in [0.15, 0.2) is 0 Å². The lowest BCUT2D eigenvalue weighted by atomic mass is 10.1. The van der Waals surface area contributed by atoms with Crippen LogP contribution in [-0.2, 0) is 4.74 Å². The Balaban J connectivity index is 2.61. The summed E-state index contributed by atoms with van der Waals surface area (Å²) in [7, 11) is 3.18. The van der Waals surface area contributed by atoms with E-state index in [0.29, 0.717) is 19.0 Å². The third kappa shape index (κ3) is 3.50. The van der Waals surface area contributed by atoms with E-state index < -0.39 is 0 Å². The van der Waals surface area contributed by atoms with Gasteiger partial charge in [0.1, 0.15) is 6.04 Å². The summed E-state index contributed by atoms with van der Waals surface area (Å²) in [5.74, 6) is 0.539. The second-order valence-corrected chi connectivity index (χ2v) is 3.14. The molecule has 1 heterocycles. The van der Waals surface area contributed by atoms with Gasteiger partial charge in [0, 0.05) is 31.5 Å². The summed E-state index contributed by atoms with van der Waals surface area (Å²) in [5.41, 5.74) is 0.819. The van der Waals surface area contributed by atoms with E-state index in [2.05, 4.69) is 16.4 Å². The standard InChI is InChI=1S/C11H15N3O2/c1-15-6-5-13-10(7-12)9-3-4-11(16-2)14-8-9/h3-4,8,10,13H,5-6H2,1-2H3. The van der Waals surface area contributed by atoms with Crippen molar-refractivity contribution in [2.24, 2.45) is 0 Å². The number of nitrogens with zero attached hydrogens (tertiary/aromatic N) is 2. The van der Waals surface area contributed by atoms with E-state index >= 15 is 0 Å². The molecular weight excluding hydrogens is 206 g/mol. The van der Waals surface area contributed by atoms with Crippen LogP contribution < -0.4 is 10.1 Å². The van der Waals surface area contributed by atoms with Crippen LogP contribution in [0.4, 0.5) is 0 Å². The minimum absolute atomic E-state index is 0.367. The summed E-state index contributed by atoms with van der Waals surface area (Å²) in [5, 5.41) is 12.1. The summed E-state index contributed by atoms with van der Waals surface area (Å²) in [6.45, 7) is 1.20. The largest absolute Gasteiger partial charge is 0.481 e. The quantitative estimate of drug-likeness (QED) is 0.722. The topological polar surface area (TPSA) is 67.2 Å². The molecule has 0 amide bonds. The van der Waals surface area contributed by atoms with Gasteiger partial charge in [0.25, 0.3) is 0 Å². The fourth-order valence-corrected chi connectivity index (χ4v) is 1.23. The first-order valence-corrected chi connectivity index (χ1v) is 4.93. The number of hydrogen-bond donors (Lipinski definition) is 1. The molecule has 1 atom stereocenters. The van der Waals surface area contributed by atoms with E-state index in [1.54, 1.807) is 26.5 Å². The Labute approximate surface area is 95.0 Å². The van der Waals surface area contributed by atoms with Crippen molar-refractivity contribution in [3.8, 4) is 11.9 Å². The van der Waals surface area contributed by atoms with Crippen molar-refractivity contribution >= 4 is 0 Å². The molecule has 1 unspecified atom stereocenters. The summed E-state index contributed by atoms with van der Waals surface area (Å²) < 4.78 is 9.85. The van der Waals surface area contributed by atoms with Crippen LogP contribution in [0.15, 0.2) is 18.3 Å². The SMILES string of the molecule is COCCNC(C#N)c1ccc(OC)nc1. The summed E-state index contributed by atoms with van der Waals surface area (Å²) >= 11 is 0. The van der Waals surface area contributed by atoms with Crippen LogP contribution in [0.2, 0.25) is 0 Å². The van der Waals surface area contributed by atoms with E-state index in [1.807, 2.05) is 6.07 Å². The van der Waals surface area contributed by atoms with Gasteiger partial charge in [-0.1, -0.05) is 0 Å². The molecule has 1 aromatic rings. The molecule has 0 spiro atoms. The van der Waals surface area contributed by atoms with Crippen molar-refractivity contribution in [2.45, 2.75) is 6.04 Å². The van der Waals surface area contributed by atoms with E-state index in [1.165, 1.54) is 0 Å². The number of aromatic nitrogens is 1. The van der Waals surface area contributed by atoms with Crippen molar-refractivity contribution in [1.29, 1.82) is 5.26 Å². The van der Waals surface area contributed by atoms with E-state index in [0.717, 1.165) is 5.56 Å². The zero-order valence-corrected chi connectivity index (χ0v) is 9.43. The van der Waals surface area contributed by atoms with Crippen LogP contribution in [-0.4, -0.2) is 32.4 Å². The second-order valence-electron chi connectivity index (χ2n) is 3.14. The van der Waals surface area contributed by atoms with Gasteiger partial charge in [-0.05, 0) is 6.07 Å². The molecule has 0 aromatic carbocycles. The molecule has 0 fully saturated rings. The highest BCUT2D eigenvalue weighted by atomic mass is 16.5. The maximum Gasteiger partial charge on any atom is 0.212 e. The molecule has 0 bridgehead atoms. The average Bonchev–Trinajstić information content (AvgIpc) is 2.35. The first-order valence-electron chi connectivity index (χ1n) is 4.93. The number of hydrogen-bond acceptors (Lipinski definition) is 5. The van der Waals surface area contributed by atoms with Crippen molar-refractivity contribution in [1.82, 2.24) is 10.3 Å². The lowest BCUT2D eigenvalue weighted by molar-refractivity contribution is 0.198.